The van der Waals surface area contributed by atoms with Crippen molar-refractivity contribution in [3.63, 3.8) is 0 Å². The number of nitrogens with zero attached hydrogens (tertiary/aromatic N) is 1. The molecule has 26 heavy (non-hydrogen) atoms. The van der Waals surface area contributed by atoms with Crippen molar-refractivity contribution in [3.05, 3.63) is 0 Å². The van der Waals surface area contributed by atoms with Gasteiger partial charge in [0, 0.05) is 31.6 Å². The fourth-order valence-corrected chi connectivity index (χ4v) is 5.73. The Kier molecular flexibility index (Phi) is 4.16. The van der Waals surface area contributed by atoms with Crippen molar-refractivity contribution in [2.45, 2.75) is 65.0 Å². The van der Waals surface area contributed by atoms with E-state index in [1.807, 2.05) is 25.7 Å². The summed E-state index contributed by atoms with van der Waals surface area (Å²) in [6, 6.07) is 0.423. The Balaban J connectivity index is 1.18. The van der Waals surface area contributed by atoms with E-state index in [2.05, 4.69) is 17.6 Å². The average Bonchev–Trinajstić information content (AvgIpc) is 3.01. The van der Waals surface area contributed by atoms with Crippen LogP contribution < -0.4 is 10.6 Å². The lowest BCUT2D eigenvalue weighted by molar-refractivity contribution is 0.0487. The van der Waals surface area contributed by atoms with Crippen LogP contribution in [-0.2, 0) is 4.74 Å². The summed E-state index contributed by atoms with van der Waals surface area (Å²) >= 11 is 0. The Bertz CT molecular complexity index is 596. The van der Waals surface area contributed by atoms with Crippen molar-refractivity contribution in [2.24, 2.45) is 29.1 Å². The van der Waals surface area contributed by atoms with Gasteiger partial charge in [-0.15, -0.1) is 0 Å². The third-order valence-electron chi connectivity index (χ3n) is 6.93. The van der Waals surface area contributed by atoms with Crippen LogP contribution in [0.4, 0.5) is 9.59 Å². The molecule has 4 aliphatic rings. The van der Waals surface area contributed by atoms with Gasteiger partial charge in [0.05, 0.1) is 0 Å². The van der Waals surface area contributed by atoms with Crippen LogP contribution >= 0.6 is 0 Å². The van der Waals surface area contributed by atoms with Crippen LogP contribution in [0, 0.1) is 29.1 Å². The van der Waals surface area contributed by atoms with E-state index < -0.39 is 5.60 Å². The molecule has 0 aromatic carbocycles. The van der Waals surface area contributed by atoms with Gasteiger partial charge >= 0.3 is 12.1 Å². The molecule has 3 aliphatic carbocycles. The summed E-state index contributed by atoms with van der Waals surface area (Å²) in [4.78, 5) is 26.1. The van der Waals surface area contributed by atoms with Crippen LogP contribution in [0.2, 0.25) is 0 Å². The number of carbonyl (C=O) groups excluding carboxylic acids is 2. The average molecular weight is 364 g/mol. The Labute approximate surface area is 156 Å². The van der Waals surface area contributed by atoms with Gasteiger partial charge in [0.2, 0.25) is 0 Å². The lowest BCUT2D eigenvalue weighted by atomic mass is 9.73. The van der Waals surface area contributed by atoms with E-state index in [4.69, 9.17) is 4.74 Å². The first-order chi connectivity index (χ1) is 12.2. The number of ether oxygens (including phenoxy) is 1. The molecular weight excluding hydrogens is 330 g/mol. The van der Waals surface area contributed by atoms with E-state index in [1.54, 1.807) is 0 Å². The molecule has 6 heteroatoms. The number of nitrogens with one attached hydrogen (secondary N) is 2. The van der Waals surface area contributed by atoms with Crippen LogP contribution in [0.3, 0.4) is 0 Å². The molecule has 3 amide bonds. The standard InChI is InChI=1S/C20H33N3O3/c1-12-6-20-7-14(5-15(20)8-20)16(12)22-17(24)23-10-13(11-23)9-21-18(25)26-19(2,3)4/h12-16H,5-11H2,1-4H3,(H,21,25)(H,22,24). The number of urea groups is 1. The van der Waals surface area contributed by atoms with E-state index >= 15 is 0 Å². The highest BCUT2D eigenvalue weighted by atomic mass is 16.6. The number of amides is 3. The zero-order chi connectivity index (χ0) is 18.7. The van der Waals surface area contributed by atoms with Crippen LogP contribution in [0.25, 0.3) is 0 Å². The smallest absolute Gasteiger partial charge is 0.407 e. The van der Waals surface area contributed by atoms with Gasteiger partial charge < -0.3 is 20.3 Å². The van der Waals surface area contributed by atoms with Crippen molar-refractivity contribution < 1.29 is 14.3 Å². The highest BCUT2D eigenvalue weighted by Crippen LogP contribution is 2.71. The summed E-state index contributed by atoms with van der Waals surface area (Å²) in [5, 5.41) is 6.13. The molecule has 5 unspecified atom stereocenters. The number of hydrogen-bond acceptors (Lipinski definition) is 3. The summed E-state index contributed by atoms with van der Waals surface area (Å²) in [7, 11) is 0. The van der Waals surface area contributed by atoms with Gasteiger partial charge in [-0.3, -0.25) is 0 Å². The van der Waals surface area contributed by atoms with Gasteiger partial charge in [-0.2, -0.15) is 0 Å². The Morgan fingerprint density at radius 1 is 1.19 bits per heavy atom. The maximum Gasteiger partial charge on any atom is 0.407 e. The zero-order valence-electron chi connectivity index (χ0n) is 16.5. The number of fused-ring (bicyclic) bond motifs is 1. The SMILES string of the molecule is CC1CC23CC(CC2C3)C1NC(=O)N1CC(CNC(=O)OC(C)(C)C)C1. The Hall–Kier alpha value is -1.46. The van der Waals surface area contributed by atoms with Gasteiger partial charge in [0.1, 0.15) is 5.60 Å². The topological polar surface area (TPSA) is 70.7 Å². The highest BCUT2D eigenvalue weighted by molar-refractivity contribution is 5.75. The molecule has 1 aliphatic heterocycles. The van der Waals surface area contributed by atoms with Crippen molar-refractivity contribution in [3.8, 4) is 0 Å². The molecule has 1 saturated heterocycles. The quantitative estimate of drug-likeness (QED) is 0.810. The van der Waals surface area contributed by atoms with Gasteiger partial charge in [-0.05, 0) is 69.6 Å². The minimum Gasteiger partial charge on any atom is -0.444 e. The van der Waals surface area contributed by atoms with Crippen molar-refractivity contribution in [2.75, 3.05) is 19.6 Å². The molecule has 4 fully saturated rings. The van der Waals surface area contributed by atoms with Gasteiger partial charge in [-0.25, -0.2) is 9.59 Å². The maximum absolute atomic E-state index is 12.6. The van der Waals surface area contributed by atoms with Crippen molar-refractivity contribution in [1.82, 2.24) is 15.5 Å². The molecule has 1 spiro atoms. The molecule has 1 heterocycles. The lowest BCUT2D eigenvalue weighted by Crippen LogP contribution is -2.60. The van der Waals surface area contributed by atoms with Crippen LogP contribution in [0.1, 0.15) is 53.4 Å². The monoisotopic (exact) mass is 363 g/mol. The molecule has 5 atom stereocenters. The number of hydrogen-bond donors (Lipinski definition) is 2. The van der Waals surface area contributed by atoms with Gasteiger partial charge in [0.15, 0.2) is 0 Å². The summed E-state index contributed by atoms with van der Waals surface area (Å²) in [5.41, 5.74) is 0.187. The van der Waals surface area contributed by atoms with Crippen molar-refractivity contribution >= 4 is 12.1 Å². The van der Waals surface area contributed by atoms with E-state index in [1.165, 1.54) is 25.7 Å². The van der Waals surface area contributed by atoms with E-state index in [0.29, 0.717) is 48.8 Å². The summed E-state index contributed by atoms with van der Waals surface area (Å²) in [6.07, 6.45) is 4.99. The summed E-state index contributed by atoms with van der Waals surface area (Å²) in [6.45, 7) is 9.84. The minimum absolute atomic E-state index is 0.0758. The number of likely N-dealkylation sites (tertiary alicyclic amines) is 1. The third kappa shape index (κ3) is 3.39. The fourth-order valence-electron chi connectivity index (χ4n) is 5.73. The molecule has 6 nitrogen and oxygen atoms in total. The lowest BCUT2D eigenvalue weighted by Gasteiger charge is -2.43. The molecule has 0 radical (unpaired) electrons. The van der Waals surface area contributed by atoms with Gasteiger partial charge in [-0.1, -0.05) is 6.92 Å². The molecule has 4 rings (SSSR count). The van der Waals surface area contributed by atoms with E-state index in [-0.39, 0.29) is 12.1 Å². The second kappa shape index (κ2) is 6.03. The van der Waals surface area contributed by atoms with E-state index in [0.717, 1.165) is 5.92 Å². The minimum atomic E-state index is -0.480. The van der Waals surface area contributed by atoms with Crippen LogP contribution in [-0.4, -0.2) is 48.3 Å². The first-order valence-electron chi connectivity index (χ1n) is 10.2. The second-order valence-electron chi connectivity index (χ2n) is 10.3. The molecule has 3 saturated carbocycles. The zero-order valence-corrected chi connectivity index (χ0v) is 16.5. The number of carbonyl (C=O) groups is 2. The van der Waals surface area contributed by atoms with Crippen LogP contribution in [0.5, 0.6) is 0 Å². The molecule has 2 N–H and O–H groups in total. The first kappa shape index (κ1) is 17.9. The Morgan fingerprint density at radius 2 is 1.92 bits per heavy atom. The third-order valence-corrected chi connectivity index (χ3v) is 6.93. The normalized spacial score (nSPS) is 38.2. The fraction of sp³-hybridized carbons (Fsp3) is 0.900. The van der Waals surface area contributed by atoms with Crippen molar-refractivity contribution in [1.29, 1.82) is 0 Å². The molecular formula is C20H33N3O3. The van der Waals surface area contributed by atoms with Gasteiger partial charge in [0.25, 0.3) is 0 Å². The first-order valence-corrected chi connectivity index (χ1v) is 10.2. The predicted molar refractivity (Wildman–Crippen MR) is 98.7 cm³/mol. The second-order valence-corrected chi connectivity index (χ2v) is 10.3. The number of rotatable bonds is 3. The molecule has 0 aromatic heterocycles. The maximum atomic E-state index is 12.6. The molecule has 2 bridgehead atoms. The van der Waals surface area contributed by atoms with Crippen LogP contribution in [0.15, 0.2) is 0 Å². The summed E-state index contributed by atoms with van der Waals surface area (Å²) < 4.78 is 5.24. The Morgan fingerprint density at radius 3 is 2.62 bits per heavy atom. The highest BCUT2D eigenvalue weighted by Gasteiger charge is 2.64. The van der Waals surface area contributed by atoms with E-state index in [9.17, 15) is 9.59 Å². The molecule has 146 valence electrons. The largest absolute Gasteiger partial charge is 0.444 e. The molecule has 0 aromatic rings. The number of alkyl carbamates (subject to hydrolysis) is 1. The summed E-state index contributed by atoms with van der Waals surface area (Å²) in [5.74, 6) is 2.55. The predicted octanol–water partition coefficient (Wildman–Crippen LogP) is 2.98.